The van der Waals surface area contributed by atoms with Gasteiger partial charge in [0.05, 0.1) is 22.7 Å². The van der Waals surface area contributed by atoms with Crippen LogP contribution in [-0.2, 0) is 47.7 Å². The van der Waals surface area contributed by atoms with Crippen molar-refractivity contribution in [3.05, 3.63) is 12.2 Å². The summed E-state index contributed by atoms with van der Waals surface area (Å²) in [6, 6.07) is 0. The van der Waals surface area contributed by atoms with E-state index in [2.05, 4.69) is 0 Å². The summed E-state index contributed by atoms with van der Waals surface area (Å²) >= 11 is 0. The van der Waals surface area contributed by atoms with E-state index in [1.807, 2.05) is 0 Å². The Morgan fingerprint density at radius 2 is 0.848 bits per heavy atom. The van der Waals surface area contributed by atoms with Crippen molar-refractivity contribution in [1.82, 2.24) is 0 Å². The quantitative estimate of drug-likeness (QED) is 0.150. The Bertz CT molecular complexity index is 933. The molecule has 0 spiro atoms. The summed E-state index contributed by atoms with van der Waals surface area (Å²) in [6.07, 6.45) is 8.25. The van der Waals surface area contributed by atoms with Crippen molar-refractivity contribution >= 4 is 35.8 Å². The summed E-state index contributed by atoms with van der Waals surface area (Å²) in [4.78, 5) is 65.6. The first kappa shape index (κ1) is 42.5. The third-order valence-electron chi connectivity index (χ3n) is 7.40. The second-order valence-corrected chi connectivity index (χ2v) is 13.4. The summed E-state index contributed by atoms with van der Waals surface area (Å²) in [5.74, 6) is -2.87. The van der Waals surface area contributed by atoms with Crippen molar-refractivity contribution in [1.29, 1.82) is 0 Å². The number of rotatable bonds is 10. The minimum absolute atomic E-state index is 0.0730. The van der Waals surface area contributed by atoms with Crippen LogP contribution in [0.15, 0.2) is 12.2 Å². The molecule has 0 atom stereocenters. The highest BCUT2D eigenvalue weighted by Crippen LogP contribution is 2.30. The molecule has 0 amide bonds. The average molecular weight is 659 g/mol. The fraction of sp³-hybridized carbons (Fsp3) is 0.750. The first-order chi connectivity index (χ1) is 21.3. The zero-order valence-corrected chi connectivity index (χ0v) is 28.1. The molecule has 0 heterocycles. The van der Waals surface area contributed by atoms with Gasteiger partial charge >= 0.3 is 35.8 Å². The van der Waals surface area contributed by atoms with E-state index >= 15 is 0 Å². The summed E-state index contributed by atoms with van der Waals surface area (Å²) < 4.78 is 19.8. The van der Waals surface area contributed by atoms with E-state index in [-0.39, 0.29) is 49.3 Å². The highest BCUT2D eigenvalue weighted by molar-refractivity contribution is 5.89. The number of hydrogen-bond acceptors (Lipinski definition) is 12. The molecule has 0 aromatic carbocycles. The number of hydrogen-bond donors (Lipinski definition) is 4. The van der Waals surface area contributed by atoms with Gasteiger partial charge in [-0.05, 0) is 118 Å². The second kappa shape index (κ2) is 21.3. The third kappa shape index (κ3) is 19.1. The number of carboxylic acid groups (broad SMARTS) is 2. The second-order valence-electron chi connectivity index (χ2n) is 13.4. The average Bonchev–Trinajstić information content (AvgIpc) is 2.99. The number of carboxylic acids is 2. The topological polar surface area (TPSA) is 232 Å². The molecular formula is C32H54N2O12. The largest absolute Gasteiger partial charge is 0.478 e. The number of carbonyl (C=O) groups is 6. The standard InChI is InChI=1S/2C14H25NO4.C4H4O4/c2*1-14(2,3)13(17)19-9-18-12(16)11-6-4-10(8-15)5-7-11;5-3(6)1-2-4(7)8/h2*10-11H,4-9,15H2,1-3H3;1-2H,(H,5,6)(H,7,8)/b;;2-1+/t2*10-,11-;. The molecule has 0 saturated heterocycles. The fourth-order valence-corrected chi connectivity index (χ4v) is 4.36. The van der Waals surface area contributed by atoms with Crippen molar-refractivity contribution in [2.75, 3.05) is 26.7 Å². The monoisotopic (exact) mass is 658 g/mol. The van der Waals surface area contributed by atoms with Gasteiger partial charge in [-0.15, -0.1) is 0 Å². The number of nitrogens with two attached hydrogens (primary N) is 2. The predicted octanol–water partition coefficient (Wildman–Crippen LogP) is 3.39. The van der Waals surface area contributed by atoms with Gasteiger partial charge in [0.15, 0.2) is 0 Å². The molecule has 46 heavy (non-hydrogen) atoms. The molecule has 0 radical (unpaired) electrons. The molecule has 0 aromatic heterocycles. The molecule has 0 bridgehead atoms. The lowest BCUT2D eigenvalue weighted by atomic mass is 9.82. The van der Waals surface area contributed by atoms with Crippen LogP contribution in [-0.4, -0.2) is 72.7 Å². The minimum Gasteiger partial charge on any atom is -0.478 e. The number of carbonyl (C=O) groups excluding carboxylic acids is 4. The van der Waals surface area contributed by atoms with Crippen LogP contribution in [0.2, 0.25) is 0 Å². The molecule has 14 nitrogen and oxygen atoms in total. The van der Waals surface area contributed by atoms with Gasteiger partial charge in [-0.25, -0.2) is 9.59 Å². The summed E-state index contributed by atoms with van der Waals surface area (Å²) in [7, 11) is 0. The SMILES string of the molecule is CC(C)(C)C(=O)OCOC(=O)[C@H]1CC[C@H](CN)CC1.CC(C)(C)C(=O)OCOC(=O)[C@H]1CC[C@H](CN)CC1.O=C(O)/C=C/C(=O)O. The minimum atomic E-state index is -1.26. The van der Waals surface area contributed by atoms with Crippen LogP contribution in [0.5, 0.6) is 0 Å². The van der Waals surface area contributed by atoms with Crippen molar-refractivity contribution in [2.24, 2.45) is 46.0 Å². The van der Waals surface area contributed by atoms with Crippen molar-refractivity contribution < 1.29 is 57.9 Å². The Balaban J connectivity index is 0.000000716. The van der Waals surface area contributed by atoms with E-state index in [1.54, 1.807) is 41.5 Å². The lowest BCUT2D eigenvalue weighted by Gasteiger charge is -2.26. The Kier molecular flexibility index (Phi) is 19.7. The number of aliphatic carboxylic acids is 2. The van der Waals surface area contributed by atoms with Crippen molar-refractivity contribution in [3.8, 4) is 0 Å². The highest BCUT2D eigenvalue weighted by atomic mass is 16.7. The summed E-state index contributed by atoms with van der Waals surface area (Å²) in [5, 5.41) is 15.6. The van der Waals surface area contributed by atoms with E-state index in [9.17, 15) is 28.8 Å². The highest BCUT2D eigenvalue weighted by Gasteiger charge is 2.29. The molecule has 14 heteroatoms. The Labute approximate surface area is 271 Å². The van der Waals surface area contributed by atoms with Gasteiger partial charge in [0.2, 0.25) is 13.6 Å². The first-order valence-corrected chi connectivity index (χ1v) is 15.5. The van der Waals surface area contributed by atoms with Crippen LogP contribution >= 0.6 is 0 Å². The van der Waals surface area contributed by atoms with Crippen molar-refractivity contribution in [2.45, 2.75) is 92.9 Å². The van der Waals surface area contributed by atoms with Gasteiger partial charge in [0.1, 0.15) is 0 Å². The molecule has 264 valence electrons. The van der Waals surface area contributed by atoms with Gasteiger partial charge in [-0.2, -0.15) is 0 Å². The van der Waals surface area contributed by atoms with E-state index in [4.69, 9.17) is 40.6 Å². The van der Waals surface area contributed by atoms with Crippen LogP contribution in [0.4, 0.5) is 0 Å². The maximum absolute atomic E-state index is 11.8. The van der Waals surface area contributed by atoms with Crippen LogP contribution in [0.3, 0.4) is 0 Å². The zero-order chi connectivity index (χ0) is 35.5. The van der Waals surface area contributed by atoms with Gasteiger partial charge in [-0.3, -0.25) is 19.2 Å². The number of ether oxygens (including phenoxy) is 4. The lowest BCUT2D eigenvalue weighted by Crippen LogP contribution is -2.29. The van der Waals surface area contributed by atoms with Gasteiger partial charge in [0.25, 0.3) is 0 Å². The van der Waals surface area contributed by atoms with Gasteiger partial charge in [0, 0.05) is 12.2 Å². The van der Waals surface area contributed by atoms with Gasteiger partial charge < -0.3 is 40.6 Å². The molecule has 2 saturated carbocycles. The van der Waals surface area contributed by atoms with Crippen LogP contribution < -0.4 is 11.5 Å². The summed E-state index contributed by atoms with van der Waals surface area (Å²) in [6.45, 7) is 11.3. The zero-order valence-electron chi connectivity index (χ0n) is 28.1. The molecular weight excluding hydrogens is 604 g/mol. The molecule has 0 aliphatic heterocycles. The maximum atomic E-state index is 11.8. The molecule has 2 aliphatic carbocycles. The normalized spacial score (nSPS) is 21.3. The van der Waals surface area contributed by atoms with E-state index in [0.717, 1.165) is 51.4 Å². The van der Waals surface area contributed by atoms with Crippen LogP contribution in [0, 0.1) is 34.5 Å². The van der Waals surface area contributed by atoms with Crippen LogP contribution in [0.1, 0.15) is 92.9 Å². The third-order valence-corrected chi connectivity index (χ3v) is 7.40. The van der Waals surface area contributed by atoms with Crippen LogP contribution in [0.25, 0.3) is 0 Å². The van der Waals surface area contributed by atoms with E-state index in [0.29, 0.717) is 37.1 Å². The fourth-order valence-electron chi connectivity index (χ4n) is 4.36. The Morgan fingerprint density at radius 3 is 1.07 bits per heavy atom. The first-order valence-electron chi connectivity index (χ1n) is 15.5. The Hall–Kier alpha value is -3.52. The number of esters is 4. The van der Waals surface area contributed by atoms with Gasteiger partial charge in [-0.1, -0.05) is 0 Å². The van der Waals surface area contributed by atoms with E-state index < -0.39 is 22.8 Å². The predicted molar refractivity (Wildman–Crippen MR) is 166 cm³/mol. The molecule has 0 unspecified atom stereocenters. The van der Waals surface area contributed by atoms with Crippen molar-refractivity contribution in [3.63, 3.8) is 0 Å². The maximum Gasteiger partial charge on any atom is 0.328 e. The lowest BCUT2D eigenvalue weighted by molar-refractivity contribution is -0.177. The smallest absolute Gasteiger partial charge is 0.328 e. The molecule has 2 fully saturated rings. The van der Waals surface area contributed by atoms with E-state index in [1.165, 1.54) is 0 Å². The molecule has 2 rings (SSSR count). The Morgan fingerprint density at radius 1 is 0.565 bits per heavy atom. The molecule has 6 N–H and O–H groups in total. The molecule has 2 aliphatic rings. The summed E-state index contributed by atoms with van der Waals surface area (Å²) in [5.41, 5.74) is 10.1. The molecule has 0 aromatic rings.